The molecule has 1 aromatic rings. The van der Waals surface area contributed by atoms with Crippen LogP contribution in [0.3, 0.4) is 0 Å². The lowest BCUT2D eigenvalue weighted by Crippen LogP contribution is -2.42. The van der Waals surface area contributed by atoms with Gasteiger partial charge in [-0.05, 0) is 31.3 Å². The molecule has 0 N–H and O–H groups in total. The van der Waals surface area contributed by atoms with Crippen molar-refractivity contribution in [2.45, 2.75) is 32.7 Å². The Balaban J connectivity index is 1.53. The van der Waals surface area contributed by atoms with Gasteiger partial charge in [0, 0.05) is 44.6 Å². The molecule has 154 valence electrons. The van der Waals surface area contributed by atoms with Crippen LogP contribution in [-0.2, 0) is 4.74 Å². The van der Waals surface area contributed by atoms with Crippen molar-refractivity contribution in [3.05, 3.63) is 59.9 Å². The van der Waals surface area contributed by atoms with Gasteiger partial charge in [0.2, 0.25) is 0 Å². The topological polar surface area (TPSA) is 53.9 Å². The molecular weight excluding hydrogens is 362 g/mol. The summed E-state index contributed by atoms with van der Waals surface area (Å²) in [4.78, 5) is 18.8. The molecule has 1 aromatic heterocycles. The van der Waals surface area contributed by atoms with Crippen LogP contribution in [0.15, 0.2) is 53.5 Å². The third-order valence-corrected chi connectivity index (χ3v) is 5.98. The Hall–Kier alpha value is -2.31. The maximum absolute atomic E-state index is 5.47. The molecule has 0 aromatic carbocycles. The Morgan fingerprint density at radius 2 is 2.00 bits per heavy atom. The van der Waals surface area contributed by atoms with Gasteiger partial charge in [-0.1, -0.05) is 31.7 Å². The molecule has 29 heavy (non-hydrogen) atoms. The molecule has 1 aliphatic carbocycles. The van der Waals surface area contributed by atoms with E-state index in [1.807, 2.05) is 6.92 Å². The highest BCUT2D eigenvalue weighted by atomic mass is 16.5. The Labute approximate surface area is 173 Å². The first kappa shape index (κ1) is 20.0. The average molecular weight is 394 g/mol. The molecule has 6 heteroatoms. The van der Waals surface area contributed by atoms with E-state index in [-0.39, 0.29) is 0 Å². The van der Waals surface area contributed by atoms with E-state index in [0.29, 0.717) is 12.0 Å². The molecule has 2 fully saturated rings. The maximum atomic E-state index is 5.47. The number of hydrogen-bond acceptors (Lipinski definition) is 5. The second kappa shape index (κ2) is 9.01. The number of hydrogen-bond donors (Lipinski definition) is 0. The third kappa shape index (κ3) is 4.65. The minimum Gasteiger partial charge on any atom is -0.379 e. The van der Waals surface area contributed by atoms with Crippen LogP contribution in [0, 0.1) is 12.8 Å². The second-order valence-corrected chi connectivity index (χ2v) is 8.18. The highest BCUT2D eigenvalue weighted by Crippen LogP contribution is 2.24. The summed E-state index contributed by atoms with van der Waals surface area (Å²) in [5, 5.41) is 0. The van der Waals surface area contributed by atoms with E-state index in [0.717, 1.165) is 74.3 Å². The molecule has 3 heterocycles. The zero-order valence-corrected chi connectivity index (χ0v) is 17.5. The van der Waals surface area contributed by atoms with E-state index in [2.05, 4.69) is 51.5 Å². The van der Waals surface area contributed by atoms with Crippen LogP contribution in [0.4, 0.5) is 0 Å². The first-order chi connectivity index (χ1) is 14.1. The fourth-order valence-electron chi connectivity index (χ4n) is 4.22. The Morgan fingerprint density at radius 1 is 1.21 bits per heavy atom. The normalized spacial score (nSPS) is 25.9. The van der Waals surface area contributed by atoms with Gasteiger partial charge in [-0.3, -0.25) is 9.88 Å². The maximum Gasteiger partial charge on any atom is 0.157 e. The Bertz CT molecular complexity index is 837. The summed E-state index contributed by atoms with van der Waals surface area (Å²) >= 11 is 0. The van der Waals surface area contributed by atoms with Gasteiger partial charge in [-0.25, -0.2) is 9.98 Å². The smallest absolute Gasteiger partial charge is 0.157 e. The molecule has 0 bridgehead atoms. The van der Waals surface area contributed by atoms with Crippen molar-refractivity contribution in [3.8, 4) is 0 Å². The summed E-state index contributed by atoms with van der Waals surface area (Å²) in [6, 6.07) is 0.445. The Morgan fingerprint density at radius 3 is 2.66 bits per heavy atom. The van der Waals surface area contributed by atoms with Crippen LogP contribution in [0.2, 0.25) is 0 Å². The van der Waals surface area contributed by atoms with Gasteiger partial charge in [-0.2, -0.15) is 0 Å². The van der Waals surface area contributed by atoms with Crippen LogP contribution >= 0.6 is 0 Å². The van der Waals surface area contributed by atoms with Crippen molar-refractivity contribution >= 4 is 5.84 Å². The number of likely N-dealkylation sites (tertiary alicyclic amines) is 1. The molecule has 0 radical (unpaired) electrons. The predicted molar refractivity (Wildman–Crippen MR) is 116 cm³/mol. The van der Waals surface area contributed by atoms with Gasteiger partial charge in [0.1, 0.15) is 5.69 Å². The van der Waals surface area contributed by atoms with Crippen molar-refractivity contribution in [3.63, 3.8) is 0 Å². The first-order valence-electron chi connectivity index (χ1n) is 10.6. The van der Waals surface area contributed by atoms with Gasteiger partial charge in [-0.15, -0.1) is 0 Å². The number of rotatable bonds is 4. The van der Waals surface area contributed by atoms with Gasteiger partial charge < -0.3 is 9.64 Å². The van der Waals surface area contributed by atoms with Gasteiger partial charge in [0.25, 0.3) is 0 Å². The number of aromatic nitrogens is 2. The van der Waals surface area contributed by atoms with Gasteiger partial charge in [0.05, 0.1) is 24.6 Å². The molecule has 4 rings (SSSR count). The van der Waals surface area contributed by atoms with Crippen LogP contribution in [0.25, 0.3) is 0 Å². The van der Waals surface area contributed by atoms with E-state index in [9.17, 15) is 0 Å². The lowest BCUT2D eigenvalue weighted by molar-refractivity contribution is 0.0259. The van der Waals surface area contributed by atoms with E-state index < -0.39 is 0 Å². The van der Waals surface area contributed by atoms with Gasteiger partial charge in [0.15, 0.2) is 5.84 Å². The van der Waals surface area contributed by atoms with Crippen LogP contribution in [-0.4, -0.2) is 71.0 Å². The molecule has 2 saturated heterocycles. The van der Waals surface area contributed by atoms with Gasteiger partial charge >= 0.3 is 0 Å². The molecule has 0 spiro atoms. The molecule has 2 aliphatic heterocycles. The zero-order chi connectivity index (χ0) is 20.2. The summed E-state index contributed by atoms with van der Waals surface area (Å²) in [6.45, 7) is 14.2. The van der Waals surface area contributed by atoms with Crippen molar-refractivity contribution in [2.75, 3.05) is 39.4 Å². The largest absolute Gasteiger partial charge is 0.379 e. The molecule has 2 atom stereocenters. The molecule has 6 nitrogen and oxygen atoms in total. The minimum atomic E-state index is 0.445. The monoisotopic (exact) mass is 393 g/mol. The van der Waals surface area contributed by atoms with Crippen LogP contribution in [0.5, 0.6) is 0 Å². The number of aryl methyl sites for hydroxylation is 1. The summed E-state index contributed by atoms with van der Waals surface area (Å²) in [7, 11) is 0. The fraction of sp³-hybridized carbons (Fsp3) is 0.522. The molecular formula is C23H31N5O. The summed E-state index contributed by atoms with van der Waals surface area (Å²) in [5.41, 5.74) is 3.65. The second-order valence-electron chi connectivity index (χ2n) is 8.18. The van der Waals surface area contributed by atoms with Crippen molar-refractivity contribution in [1.29, 1.82) is 0 Å². The lowest BCUT2D eigenvalue weighted by atomic mass is 10.00. The molecule has 1 unspecified atom stereocenters. The quantitative estimate of drug-likeness (QED) is 0.581. The molecule has 0 amide bonds. The highest BCUT2D eigenvalue weighted by molar-refractivity contribution is 5.99. The molecule has 3 aliphatic rings. The minimum absolute atomic E-state index is 0.445. The fourth-order valence-corrected chi connectivity index (χ4v) is 4.22. The SMILES string of the molecule is C=C(/N=C(\c1nccnc1C)N1CC[C@H](C)C1)C1=CCC(N2CCOCC2)C=C1. The standard InChI is InChI=1S/C23H31N5O/c1-17-8-11-28(16-17)23(22-19(3)24-9-10-25-22)26-18(2)20-4-6-21(7-5-20)27-12-14-29-15-13-27/h4-6,9-10,17,21H,2,7-8,11-16H2,1,3H3/b26-23+/t17-,21?/m0/s1. The predicted octanol–water partition coefficient (Wildman–Crippen LogP) is 2.97. The summed E-state index contributed by atoms with van der Waals surface area (Å²) in [5.74, 6) is 1.56. The molecule has 0 saturated carbocycles. The number of morpholine rings is 1. The van der Waals surface area contributed by atoms with Crippen LogP contribution in [0.1, 0.15) is 31.2 Å². The lowest BCUT2D eigenvalue weighted by Gasteiger charge is -2.33. The summed E-state index contributed by atoms with van der Waals surface area (Å²) in [6.07, 6.45) is 12.4. The number of allylic oxidation sites excluding steroid dienone is 1. The number of aliphatic imine (C=N–C) groups is 1. The average Bonchev–Trinajstić information content (AvgIpc) is 3.19. The van der Waals surface area contributed by atoms with E-state index in [4.69, 9.17) is 9.73 Å². The van der Waals surface area contributed by atoms with E-state index in [1.54, 1.807) is 12.4 Å². The van der Waals surface area contributed by atoms with Crippen molar-refractivity contribution in [1.82, 2.24) is 19.8 Å². The van der Waals surface area contributed by atoms with Crippen molar-refractivity contribution < 1.29 is 4.74 Å². The third-order valence-electron chi connectivity index (χ3n) is 5.98. The zero-order valence-electron chi connectivity index (χ0n) is 17.5. The summed E-state index contributed by atoms with van der Waals surface area (Å²) < 4.78 is 5.47. The first-order valence-corrected chi connectivity index (χ1v) is 10.6. The number of ether oxygens (including phenoxy) is 1. The number of amidine groups is 1. The highest BCUT2D eigenvalue weighted by Gasteiger charge is 2.26. The van der Waals surface area contributed by atoms with Crippen molar-refractivity contribution in [2.24, 2.45) is 10.9 Å². The van der Waals surface area contributed by atoms with Crippen LogP contribution < -0.4 is 0 Å². The Kier molecular flexibility index (Phi) is 6.21. The van der Waals surface area contributed by atoms with E-state index in [1.165, 1.54) is 6.42 Å². The number of nitrogens with zero attached hydrogens (tertiary/aromatic N) is 5. The van der Waals surface area contributed by atoms with E-state index >= 15 is 0 Å².